The summed E-state index contributed by atoms with van der Waals surface area (Å²) in [4.78, 5) is 12.2. The number of hydrogen-bond acceptors (Lipinski definition) is 2. The maximum Gasteiger partial charge on any atom is 0.223 e. The van der Waals surface area contributed by atoms with Crippen molar-refractivity contribution in [1.82, 2.24) is 5.32 Å². The van der Waals surface area contributed by atoms with Crippen molar-refractivity contribution in [1.29, 1.82) is 0 Å². The number of amides is 1. The molecule has 3 heteroatoms. The molecule has 0 unspecified atom stereocenters. The van der Waals surface area contributed by atoms with E-state index in [-0.39, 0.29) is 11.8 Å². The Labute approximate surface area is 129 Å². The minimum absolute atomic E-state index is 0.142. The van der Waals surface area contributed by atoms with Crippen LogP contribution in [0.25, 0.3) is 11.1 Å². The van der Waals surface area contributed by atoms with Crippen molar-refractivity contribution in [2.24, 2.45) is 5.92 Å². The van der Waals surface area contributed by atoms with Crippen LogP contribution in [0.4, 0.5) is 0 Å². The standard InChI is InChI=1S/C18H19NOS/c20-18(14-6-2-1-3-7-14)19-12-15-8-4-5-9-17(15)16-10-11-21-13-16/h1-2,4-5,8-11,13-14H,3,6-7,12H2,(H,19,20)/t14-/m0/s1. The number of hydrogen-bond donors (Lipinski definition) is 1. The normalized spacial score (nSPS) is 17.6. The highest BCUT2D eigenvalue weighted by atomic mass is 32.1. The third-order valence-electron chi connectivity index (χ3n) is 3.94. The van der Waals surface area contributed by atoms with Crippen molar-refractivity contribution in [3.8, 4) is 11.1 Å². The molecule has 0 fully saturated rings. The number of carbonyl (C=O) groups excluding carboxylic acids is 1. The predicted octanol–water partition coefficient (Wildman–Crippen LogP) is 4.39. The van der Waals surface area contributed by atoms with Crippen molar-refractivity contribution in [2.45, 2.75) is 25.8 Å². The fourth-order valence-electron chi connectivity index (χ4n) is 2.73. The molecule has 1 N–H and O–H groups in total. The van der Waals surface area contributed by atoms with E-state index < -0.39 is 0 Å². The first-order valence-electron chi connectivity index (χ1n) is 7.38. The molecule has 0 saturated carbocycles. The first-order chi connectivity index (χ1) is 10.3. The van der Waals surface area contributed by atoms with Gasteiger partial charge < -0.3 is 5.32 Å². The molecule has 1 aliphatic rings. The zero-order valence-corrected chi connectivity index (χ0v) is 12.7. The van der Waals surface area contributed by atoms with E-state index in [1.54, 1.807) is 11.3 Å². The summed E-state index contributed by atoms with van der Waals surface area (Å²) in [5, 5.41) is 7.33. The van der Waals surface area contributed by atoms with E-state index >= 15 is 0 Å². The number of allylic oxidation sites excluding steroid dienone is 2. The van der Waals surface area contributed by atoms with Crippen LogP contribution >= 0.6 is 11.3 Å². The topological polar surface area (TPSA) is 29.1 Å². The van der Waals surface area contributed by atoms with Crippen LogP contribution in [0.5, 0.6) is 0 Å². The molecule has 1 atom stereocenters. The van der Waals surface area contributed by atoms with E-state index in [0.29, 0.717) is 6.54 Å². The molecule has 1 aliphatic carbocycles. The fourth-order valence-corrected chi connectivity index (χ4v) is 3.39. The van der Waals surface area contributed by atoms with E-state index in [2.05, 4.69) is 46.4 Å². The van der Waals surface area contributed by atoms with E-state index in [0.717, 1.165) is 19.3 Å². The number of carbonyl (C=O) groups is 1. The molecule has 0 bridgehead atoms. The summed E-state index contributed by atoms with van der Waals surface area (Å²) < 4.78 is 0. The number of nitrogens with one attached hydrogen (secondary N) is 1. The van der Waals surface area contributed by atoms with Crippen molar-refractivity contribution in [3.63, 3.8) is 0 Å². The lowest BCUT2D eigenvalue weighted by molar-refractivity contribution is -0.125. The lowest BCUT2D eigenvalue weighted by atomic mass is 9.93. The van der Waals surface area contributed by atoms with Gasteiger partial charge in [-0.05, 0) is 52.8 Å². The Morgan fingerprint density at radius 3 is 2.90 bits per heavy atom. The molecular formula is C18H19NOS. The molecule has 108 valence electrons. The summed E-state index contributed by atoms with van der Waals surface area (Å²) >= 11 is 1.70. The van der Waals surface area contributed by atoms with Gasteiger partial charge in [0.2, 0.25) is 5.91 Å². The van der Waals surface area contributed by atoms with Gasteiger partial charge in [-0.3, -0.25) is 4.79 Å². The highest BCUT2D eigenvalue weighted by molar-refractivity contribution is 7.08. The summed E-state index contributed by atoms with van der Waals surface area (Å²) in [5.74, 6) is 0.322. The maximum atomic E-state index is 12.2. The average molecular weight is 297 g/mol. The monoisotopic (exact) mass is 297 g/mol. The predicted molar refractivity (Wildman–Crippen MR) is 88.1 cm³/mol. The molecule has 2 nitrogen and oxygen atoms in total. The molecule has 0 aliphatic heterocycles. The fraction of sp³-hybridized carbons (Fsp3) is 0.278. The second-order valence-corrected chi connectivity index (χ2v) is 6.15. The molecule has 1 amide bonds. The van der Waals surface area contributed by atoms with Gasteiger partial charge >= 0.3 is 0 Å². The smallest absolute Gasteiger partial charge is 0.223 e. The second-order valence-electron chi connectivity index (χ2n) is 5.37. The first kappa shape index (κ1) is 14.1. The van der Waals surface area contributed by atoms with Crippen LogP contribution in [0.2, 0.25) is 0 Å². The average Bonchev–Trinajstić information content (AvgIpc) is 3.08. The molecule has 0 radical (unpaired) electrons. The maximum absolute atomic E-state index is 12.2. The molecule has 1 aromatic heterocycles. The summed E-state index contributed by atoms with van der Waals surface area (Å²) in [6, 6.07) is 10.4. The molecule has 21 heavy (non-hydrogen) atoms. The quantitative estimate of drug-likeness (QED) is 0.833. The third kappa shape index (κ3) is 3.42. The molecule has 0 spiro atoms. The Balaban J connectivity index is 1.68. The van der Waals surface area contributed by atoms with Crippen LogP contribution in [0, 0.1) is 5.92 Å². The second kappa shape index (κ2) is 6.72. The Morgan fingerprint density at radius 2 is 2.14 bits per heavy atom. The summed E-state index contributed by atoms with van der Waals surface area (Å²) in [5.41, 5.74) is 3.61. The highest BCUT2D eigenvalue weighted by Crippen LogP contribution is 2.26. The van der Waals surface area contributed by atoms with Gasteiger partial charge in [0.1, 0.15) is 0 Å². The van der Waals surface area contributed by atoms with Crippen molar-refractivity contribution in [2.75, 3.05) is 0 Å². The van der Waals surface area contributed by atoms with Gasteiger partial charge in [0.25, 0.3) is 0 Å². The molecule has 1 heterocycles. The van der Waals surface area contributed by atoms with Crippen LogP contribution in [0.1, 0.15) is 24.8 Å². The van der Waals surface area contributed by atoms with Crippen molar-refractivity contribution >= 4 is 17.2 Å². The Hall–Kier alpha value is -1.87. The minimum atomic E-state index is 0.142. The Kier molecular flexibility index (Phi) is 4.51. The van der Waals surface area contributed by atoms with Crippen LogP contribution in [0.3, 0.4) is 0 Å². The van der Waals surface area contributed by atoms with Crippen LogP contribution in [0.15, 0.2) is 53.2 Å². The van der Waals surface area contributed by atoms with E-state index in [9.17, 15) is 4.79 Å². The lowest BCUT2D eigenvalue weighted by Crippen LogP contribution is -2.30. The zero-order valence-electron chi connectivity index (χ0n) is 11.9. The molecule has 2 aromatic rings. The molecule has 0 saturated heterocycles. The van der Waals surface area contributed by atoms with Crippen LogP contribution in [-0.2, 0) is 11.3 Å². The van der Waals surface area contributed by atoms with E-state index in [1.165, 1.54) is 16.7 Å². The largest absolute Gasteiger partial charge is 0.352 e. The van der Waals surface area contributed by atoms with Gasteiger partial charge in [-0.2, -0.15) is 11.3 Å². The van der Waals surface area contributed by atoms with Gasteiger partial charge in [-0.1, -0.05) is 36.4 Å². The summed E-state index contributed by atoms with van der Waals surface area (Å²) in [7, 11) is 0. The molecule has 3 rings (SSSR count). The van der Waals surface area contributed by atoms with E-state index in [1.807, 2.05) is 12.1 Å². The highest BCUT2D eigenvalue weighted by Gasteiger charge is 2.18. The number of thiophene rings is 1. The van der Waals surface area contributed by atoms with Crippen LogP contribution < -0.4 is 5.32 Å². The minimum Gasteiger partial charge on any atom is -0.352 e. The number of benzene rings is 1. The van der Waals surface area contributed by atoms with Crippen molar-refractivity contribution in [3.05, 3.63) is 58.8 Å². The van der Waals surface area contributed by atoms with Gasteiger partial charge in [-0.15, -0.1) is 0 Å². The van der Waals surface area contributed by atoms with Gasteiger partial charge in [0.05, 0.1) is 0 Å². The zero-order chi connectivity index (χ0) is 14.5. The van der Waals surface area contributed by atoms with Crippen molar-refractivity contribution < 1.29 is 4.79 Å². The van der Waals surface area contributed by atoms with Crippen LogP contribution in [-0.4, -0.2) is 5.91 Å². The van der Waals surface area contributed by atoms with Gasteiger partial charge in [0, 0.05) is 12.5 Å². The lowest BCUT2D eigenvalue weighted by Gasteiger charge is -2.18. The SMILES string of the molecule is O=C(NCc1ccccc1-c1ccsc1)[C@H]1CC=CCC1. The Bertz CT molecular complexity index is 630. The molecule has 1 aromatic carbocycles. The summed E-state index contributed by atoms with van der Waals surface area (Å²) in [6.07, 6.45) is 7.14. The summed E-state index contributed by atoms with van der Waals surface area (Å²) in [6.45, 7) is 0.602. The first-order valence-corrected chi connectivity index (χ1v) is 8.32. The van der Waals surface area contributed by atoms with E-state index in [4.69, 9.17) is 0 Å². The van der Waals surface area contributed by atoms with Gasteiger partial charge in [0.15, 0.2) is 0 Å². The van der Waals surface area contributed by atoms with Gasteiger partial charge in [-0.25, -0.2) is 0 Å². The molecular weight excluding hydrogens is 278 g/mol. The number of rotatable bonds is 4. The Morgan fingerprint density at radius 1 is 1.24 bits per heavy atom. The third-order valence-corrected chi connectivity index (χ3v) is 4.63.